The van der Waals surface area contributed by atoms with Gasteiger partial charge in [-0.25, -0.2) is 8.42 Å². The topological polar surface area (TPSA) is 57.6 Å². The van der Waals surface area contributed by atoms with Gasteiger partial charge in [0, 0.05) is 13.1 Å². The van der Waals surface area contributed by atoms with Crippen molar-refractivity contribution in [3.05, 3.63) is 12.7 Å². The molecule has 0 saturated carbocycles. The Morgan fingerprint density at radius 3 is 2.46 bits per heavy atom. The molecule has 1 atom stereocenters. The fraction of sp³-hybridized carbons (Fsp3) is 0.750. The Balaban J connectivity index is 4.66. The van der Waals surface area contributed by atoms with Crippen LogP contribution in [0.5, 0.6) is 0 Å². The van der Waals surface area contributed by atoms with E-state index in [1.54, 1.807) is 6.92 Å². The van der Waals surface area contributed by atoms with Gasteiger partial charge in [-0.05, 0) is 6.92 Å². The van der Waals surface area contributed by atoms with E-state index in [2.05, 4.69) is 6.58 Å². The first-order chi connectivity index (χ1) is 6.00. The number of aliphatic hydroxyl groups excluding tert-OH is 1. The first kappa shape index (κ1) is 12.6. The lowest BCUT2D eigenvalue weighted by molar-refractivity contribution is 0.290. The normalized spacial score (nSPS) is 14.5. The molecule has 0 heterocycles. The molecular formula is C8H17NO3S. The van der Waals surface area contributed by atoms with Crippen molar-refractivity contribution in [1.82, 2.24) is 4.31 Å². The Kier molecular flexibility index (Phi) is 5.20. The van der Waals surface area contributed by atoms with E-state index in [-0.39, 0.29) is 6.61 Å². The molecule has 0 aliphatic rings. The van der Waals surface area contributed by atoms with Crippen LogP contribution in [0.1, 0.15) is 13.8 Å². The quantitative estimate of drug-likeness (QED) is 0.633. The van der Waals surface area contributed by atoms with Crippen molar-refractivity contribution in [2.45, 2.75) is 19.1 Å². The minimum absolute atomic E-state index is 0.295. The van der Waals surface area contributed by atoms with Gasteiger partial charge in [0.25, 0.3) is 0 Å². The Morgan fingerprint density at radius 2 is 2.15 bits per heavy atom. The summed E-state index contributed by atoms with van der Waals surface area (Å²) in [6.45, 7) is 7.07. The molecule has 0 bridgehead atoms. The van der Waals surface area contributed by atoms with Gasteiger partial charge in [-0.1, -0.05) is 13.0 Å². The van der Waals surface area contributed by atoms with Crippen LogP contribution in [0.4, 0.5) is 0 Å². The molecule has 0 aromatic carbocycles. The number of sulfonamides is 1. The van der Waals surface area contributed by atoms with Gasteiger partial charge in [-0.15, -0.1) is 6.58 Å². The number of nitrogens with zero attached hydrogens (tertiary/aromatic N) is 1. The fourth-order valence-corrected chi connectivity index (χ4v) is 2.28. The summed E-state index contributed by atoms with van der Waals surface area (Å²) >= 11 is 0. The molecule has 0 aliphatic carbocycles. The maximum Gasteiger partial charge on any atom is 0.219 e. The standard InChI is InChI=1S/C8H17NO3S/c1-4-6-9(5-2)13(11,12)8(3)7-10/h4,8,10H,1,5-7H2,2-3H3. The van der Waals surface area contributed by atoms with E-state index in [1.165, 1.54) is 17.3 Å². The molecule has 4 nitrogen and oxygen atoms in total. The van der Waals surface area contributed by atoms with E-state index < -0.39 is 15.3 Å². The van der Waals surface area contributed by atoms with E-state index in [4.69, 9.17) is 5.11 Å². The van der Waals surface area contributed by atoms with Gasteiger partial charge >= 0.3 is 0 Å². The Hall–Kier alpha value is -0.390. The molecule has 0 aliphatic heterocycles. The fourth-order valence-electron chi connectivity index (χ4n) is 0.906. The third-order valence-corrected chi connectivity index (χ3v) is 4.10. The van der Waals surface area contributed by atoms with E-state index >= 15 is 0 Å². The summed E-state index contributed by atoms with van der Waals surface area (Å²) in [7, 11) is -3.35. The molecular weight excluding hydrogens is 190 g/mol. The monoisotopic (exact) mass is 207 g/mol. The summed E-state index contributed by atoms with van der Waals surface area (Å²) in [5, 5.41) is 8.01. The zero-order valence-electron chi connectivity index (χ0n) is 8.10. The number of hydrogen-bond donors (Lipinski definition) is 1. The molecule has 0 aromatic heterocycles. The van der Waals surface area contributed by atoms with Crippen LogP contribution in [0.15, 0.2) is 12.7 Å². The predicted octanol–water partition coefficient (Wildman–Crippen LogP) is 0.205. The summed E-state index contributed by atoms with van der Waals surface area (Å²) in [5.41, 5.74) is 0. The van der Waals surface area contributed by atoms with Gasteiger partial charge in [0.1, 0.15) is 0 Å². The highest BCUT2D eigenvalue weighted by molar-refractivity contribution is 7.89. The van der Waals surface area contributed by atoms with Crippen LogP contribution < -0.4 is 0 Å². The highest BCUT2D eigenvalue weighted by Crippen LogP contribution is 2.07. The second kappa shape index (κ2) is 5.36. The van der Waals surface area contributed by atoms with Crippen molar-refractivity contribution in [3.63, 3.8) is 0 Å². The summed E-state index contributed by atoms with van der Waals surface area (Å²) in [6.07, 6.45) is 1.53. The van der Waals surface area contributed by atoms with Gasteiger partial charge in [-0.2, -0.15) is 4.31 Å². The molecule has 1 unspecified atom stereocenters. The van der Waals surface area contributed by atoms with Crippen LogP contribution in [0.3, 0.4) is 0 Å². The molecule has 1 N–H and O–H groups in total. The van der Waals surface area contributed by atoms with Crippen LogP contribution in [0.2, 0.25) is 0 Å². The summed E-state index contributed by atoms with van der Waals surface area (Å²) < 4.78 is 24.5. The van der Waals surface area contributed by atoms with Crippen molar-refractivity contribution in [2.75, 3.05) is 19.7 Å². The van der Waals surface area contributed by atoms with E-state index in [0.29, 0.717) is 13.1 Å². The van der Waals surface area contributed by atoms with Crippen molar-refractivity contribution in [3.8, 4) is 0 Å². The molecule has 0 amide bonds. The highest BCUT2D eigenvalue weighted by atomic mass is 32.2. The molecule has 0 radical (unpaired) electrons. The number of likely N-dealkylation sites (N-methyl/N-ethyl adjacent to an activating group) is 1. The molecule has 78 valence electrons. The van der Waals surface area contributed by atoms with E-state index in [1.807, 2.05) is 0 Å². The molecule has 0 aromatic rings. The second-order valence-electron chi connectivity index (χ2n) is 2.78. The molecule has 0 rings (SSSR count). The molecule has 5 heteroatoms. The second-order valence-corrected chi connectivity index (χ2v) is 5.13. The van der Waals surface area contributed by atoms with Crippen molar-refractivity contribution < 1.29 is 13.5 Å². The Labute approximate surface area is 79.9 Å². The minimum atomic E-state index is -3.35. The van der Waals surface area contributed by atoms with Crippen molar-refractivity contribution >= 4 is 10.0 Å². The van der Waals surface area contributed by atoms with Crippen molar-refractivity contribution in [2.24, 2.45) is 0 Å². The Morgan fingerprint density at radius 1 is 1.62 bits per heavy atom. The first-order valence-corrected chi connectivity index (χ1v) is 5.71. The first-order valence-electron chi connectivity index (χ1n) is 4.21. The van der Waals surface area contributed by atoms with Gasteiger partial charge < -0.3 is 5.11 Å². The summed E-state index contributed by atoms with van der Waals surface area (Å²) in [5.74, 6) is 0. The van der Waals surface area contributed by atoms with Crippen LogP contribution in [-0.2, 0) is 10.0 Å². The zero-order chi connectivity index (χ0) is 10.5. The lowest BCUT2D eigenvalue weighted by Crippen LogP contribution is -2.39. The van der Waals surface area contributed by atoms with Crippen LogP contribution in [0.25, 0.3) is 0 Å². The molecule has 0 saturated heterocycles. The third kappa shape index (κ3) is 3.10. The van der Waals surface area contributed by atoms with E-state index in [9.17, 15) is 8.42 Å². The number of rotatable bonds is 6. The maximum atomic E-state index is 11.6. The lowest BCUT2D eigenvalue weighted by Gasteiger charge is -2.21. The third-order valence-electron chi connectivity index (χ3n) is 1.81. The van der Waals surface area contributed by atoms with Gasteiger partial charge in [0.15, 0.2) is 0 Å². The molecule has 13 heavy (non-hydrogen) atoms. The van der Waals surface area contributed by atoms with Gasteiger partial charge in [0.2, 0.25) is 10.0 Å². The molecule has 0 fully saturated rings. The van der Waals surface area contributed by atoms with Gasteiger partial charge in [0.05, 0.1) is 11.9 Å². The average molecular weight is 207 g/mol. The van der Waals surface area contributed by atoms with Crippen LogP contribution in [-0.4, -0.2) is 42.8 Å². The number of hydrogen-bond acceptors (Lipinski definition) is 3. The predicted molar refractivity (Wildman–Crippen MR) is 52.9 cm³/mol. The number of aliphatic hydroxyl groups is 1. The van der Waals surface area contributed by atoms with E-state index in [0.717, 1.165) is 0 Å². The minimum Gasteiger partial charge on any atom is -0.395 e. The SMILES string of the molecule is C=CCN(CC)S(=O)(=O)C(C)CO. The average Bonchev–Trinajstić information content (AvgIpc) is 2.12. The zero-order valence-corrected chi connectivity index (χ0v) is 8.92. The van der Waals surface area contributed by atoms with Crippen molar-refractivity contribution in [1.29, 1.82) is 0 Å². The smallest absolute Gasteiger partial charge is 0.219 e. The largest absolute Gasteiger partial charge is 0.395 e. The highest BCUT2D eigenvalue weighted by Gasteiger charge is 2.25. The maximum absolute atomic E-state index is 11.6. The van der Waals surface area contributed by atoms with Crippen LogP contribution >= 0.6 is 0 Å². The lowest BCUT2D eigenvalue weighted by atomic mass is 10.5. The van der Waals surface area contributed by atoms with Crippen LogP contribution in [0, 0.1) is 0 Å². The Bertz CT molecular complexity index is 248. The summed E-state index contributed by atoms with van der Waals surface area (Å²) in [4.78, 5) is 0. The summed E-state index contributed by atoms with van der Waals surface area (Å²) in [6, 6.07) is 0. The molecule has 0 spiro atoms. The van der Waals surface area contributed by atoms with Gasteiger partial charge in [-0.3, -0.25) is 0 Å².